The van der Waals surface area contributed by atoms with Gasteiger partial charge in [0.05, 0.1) is 22.6 Å². The summed E-state index contributed by atoms with van der Waals surface area (Å²) in [5.74, 6) is -0.401. The molecule has 0 saturated heterocycles. The van der Waals surface area contributed by atoms with E-state index in [9.17, 15) is 9.00 Å². The second-order valence-electron chi connectivity index (χ2n) is 5.02. The Morgan fingerprint density at radius 3 is 2.50 bits per heavy atom. The minimum absolute atomic E-state index is 0.401. The van der Waals surface area contributed by atoms with E-state index in [-0.39, 0.29) is 0 Å². The fourth-order valence-corrected chi connectivity index (χ4v) is 4.09. The second-order valence-corrected chi connectivity index (χ2v) is 6.96. The quantitative estimate of drug-likeness (QED) is 0.925. The van der Waals surface area contributed by atoms with Gasteiger partial charge < -0.3 is 0 Å². The molecule has 2 aromatic rings. The summed E-state index contributed by atoms with van der Waals surface area (Å²) in [6.07, 6.45) is 0. The van der Waals surface area contributed by atoms with E-state index in [0.29, 0.717) is 10.5 Å². The summed E-state index contributed by atoms with van der Waals surface area (Å²) in [5.41, 5.74) is 2.22. The average Bonchev–Trinajstić information content (AvgIpc) is 2.81. The summed E-state index contributed by atoms with van der Waals surface area (Å²) in [7, 11) is -2.92. The Bertz CT molecular complexity index is 921. The van der Waals surface area contributed by atoms with Crippen molar-refractivity contribution >= 4 is 15.8 Å². The first-order chi connectivity index (χ1) is 10.5. The highest BCUT2D eigenvalue weighted by Gasteiger charge is 2.29. The second kappa shape index (κ2) is 5.37. The monoisotopic (exact) mass is 311 g/mol. The lowest BCUT2D eigenvalue weighted by molar-refractivity contribution is -0.118. The lowest BCUT2D eigenvalue weighted by Crippen LogP contribution is -2.29. The van der Waals surface area contributed by atoms with Crippen LogP contribution in [-0.2, 0) is 14.7 Å². The molecule has 1 N–H and O–H groups in total. The molecule has 0 spiro atoms. The van der Waals surface area contributed by atoms with Crippen LogP contribution in [0.1, 0.15) is 12.5 Å². The molecule has 0 aliphatic carbocycles. The van der Waals surface area contributed by atoms with Gasteiger partial charge in [0.15, 0.2) is 0 Å². The Kier molecular flexibility index (Phi) is 3.53. The van der Waals surface area contributed by atoms with Crippen molar-refractivity contribution in [2.45, 2.75) is 17.9 Å². The van der Waals surface area contributed by atoms with Gasteiger partial charge in [-0.15, -0.1) is 4.36 Å². The van der Waals surface area contributed by atoms with Gasteiger partial charge in [-0.05, 0) is 42.3 Å². The van der Waals surface area contributed by atoms with E-state index < -0.39 is 21.9 Å². The molecule has 2 aromatic carbocycles. The number of carbonyl (C=O) groups is 1. The van der Waals surface area contributed by atoms with Gasteiger partial charge in [-0.25, -0.2) is 8.93 Å². The Morgan fingerprint density at radius 1 is 1.18 bits per heavy atom. The molecule has 0 aromatic heterocycles. The summed E-state index contributed by atoms with van der Waals surface area (Å²) >= 11 is 0. The third-order valence-electron chi connectivity index (χ3n) is 3.40. The molecule has 0 radical (unpaired) electrons. The van der Waals surface area contributed by atoms with Gasteiger partial charge >= 0.3 is 0 Å². The number of carbonyl (C=O) groups excluding carboxylic acids is 1. The molecule has 1 aliphatic rings. The van der Waals surface area contributed by atoms with E-state index in [1.54, 1.807) is 43.3 Å². The van der Waals surface area contributed by atoms with E-state index in [2.05, 4.69) is 15.2 Å². The van der Waals surface area contributed by atoms with Gasteiger partial charge in [0.25, 0.3) is 5.91 Å². The van der Waals surface area contributed by atoms with Gasteiger partial charge in [0.2, 0.25) is 0 Å². The van der Waals surface area contributed by atoms with Crippen LogP contribution in [0.3, 0.4) is 0 Å². The van der Waals surface area contributed by atoms with Crippen LogP contribution >= 0.6 is 0 Å². The Labute approximate surface area is 128 Å². The number of benzene rings is 2. The molecule has 22 heavy (non-hydrogen) atoms. The first-order valence-electron chi connectivity index (χ1n) is 6.71. The minimum Gasteiger partial charge on any atom is -0.270 e. The van der Waals surface area contributed by atoms with Crippen LogP contribution in [0.25, 0.3) is 11.1 Å². The predicted molar refractivity (Wildman–Crippen MR) is 83.0 cm³/mol. The molecular formula is C16H13N3O2S. The molecule has 0 saturated carbocycles. The number of amides is 1. The highest BCUT2D eigenvalue weighted by Crippen LogP contribution is 2.25. The maximum absolute atomic E-state index is 12.8. The first-order valence-corrected chi connectivity index (χ1v) is 8.22. The average molecular weight is 311 g/mol. The smallest absolute Gasteiger partial charge is 0.270 e. The predicted octanol–water partition coefficient (Wildman–Crippen LogP) is 2.49. The third kappa shape index (κ3) is 2.52. The fraction of sp³-hybridized carbons (Fsp3) is 0.125. The fourth-order valence-electron chi connectivity index (χ4n) is 2.26. The van der Waals surface area contributed by atoms with Gasteiger partial charge in [-0.2, -0.15) is 5.26 Å². The van der Waals surface area contributed by atoms with Crippen molar-refractivity contribution in [1.29, 1.82) is 5.26 Å². The standard InChI is InChI=1S/C16H13N3O2S/c1-11-16(20)19-22(21,18-11)15-7-3-6-14(9-15)13-5-2-4-12(8-13)10-17/h2-9,11H,1H3,(H,18,19,20,21)/t11-,22?/m0/s1. The lowest BCUT2D eigenvalue weighted by Gasteiger charge is -2.09. The topological polar surface area (TPSA) is 82.3 Å². The van der Waals surface area contributed by atoms with Crippen molar-refractivity contribution in [2.24, 2.45) is 4.36 Å². The maximum Gasteiger partial charge on any atom is 0.272 e. The molecule has 3 rings (SSSR count). The van der Waals surface area contributed by atoms with Crippen LogP contribution in [0.15, 0.2) is 57.8 Å². The van der Waals surface area contributed by atoms with Gasteiger partial charge in [0.1, 0.15) is 9.92 Å². The largest absolute Gasteiger partial charge is 0.272 e. The molecule has 1 unspecified atom stereocenters. The molecule has 0 bridgehead atoms. The highest BCUT2D eigenvalue weighted by molar-refractivity contribution is 7.92. The van der Waals surface area contributed by atoms with Crippen LogP contribution in [0.5, 0.6) is 0 Å². The Morgan fingerprint density at radius 2 is 1.86 bits per heavy atom. The SMILES string of the molecule is C[C@@H]1NS(=O)(c2cccc(-c3cccc(C#N)c3)c2)=NC1=O. The van der Waals surface area contributed by atoms with Crippen LogP contribution < -0.4 is 4.72 Å². The van der Waals surface area contributed by atoms with Gasteiger partial charge in [0, 0.05) is 0 Å². The Hall–Kier alpha value is -2.49. The maximum atomic E-state index is 12.8. The van der Waals surface area contributed by atoms with E-state index >= 15 is 0 Å². The number of nitrogens with zero attached hydrogens (tertiary/aromatic N) is 2. The van der Waals surface area contributed by atoms with Crippen molar-refractivity contribution < 1.29 is 9.00 Å². The van der Waals surface area contributed by atoms with E-state index in [0.717, 1.165) is 11.1 Å². The van der Waals surface area contributed by atoms with Crippen LogP contribution in [0.4, 0.5) is 0 Å². The van der Waals surface area contributed by atoms with Crippen LogP contribution in [0, 0.1) is 11.3 Å². The van der Waals surface area contributed by atoms with E-state index in [1.165, 1.54) is 0 Å². The molecule has 1 amide bonds. The number of rotatable bonds is 2. The normalized spacial score (nSPS) is 23.8. The summed E-state index contributed by atoms with van der Waals surface area (Å²) in [4.78, 5) is 12.0. The highest BCUT2D eigenvalue weighted by atomic mass is 32.2. The summed E-state index contributed by atoms with van der Waals surface area (Å²) in [6, 6.07) is 15.8. The number of hydrogen-bond acceptors (Lipinski definition) is 3. The Balaban J connectivity index is 2.08. The molecule has 0 fully saturated rings. The zero-order valence-corrected chi connectivity index (χ0v) is 12.6. The molecular weight excluding hydrogens is 298 g/mol. The van der Waals surface area contributed by atoms with Gasteiger partial charge in [-0.3, -0.25) is 4.79 Å². The zero-order valence-electron chi connectivity index (χ0n) is 11.8. The number of hydrogen-bond donors (Lipinski definition) is 1. The zero-order chi connectivity index (χ0) is 15.7. The van der Waals surface area contributed by atoms with Gasteiger partial charge in [-0.1, -0.05) is 24.3 Å². The van der Waals surface area contributed by atoms with E-state index in [1.807, 2.05) is 12.1 Å². The van der Waals surface area contributed by atoms with E-state index in [4.69, 9.17) is 5.26 Å². The van der Waals surface area contributed by atoms with Crippen molar-refractivity contribution in [3.63, 3.8) is 0 Å². The molecule has 110 valence electrons. The number of nitriles is 1. The lowest BCUT2D eigenvalue weighted by atomic mass is 10.0. The molecule has 1 aliphatic heterocycles. The van der Waals surface area contributed by atoms with Crippen LogP contribution in [0.2, 0.25) is 0 Å². The van der Waals surface area contributed by atoms with Crippen molar-refractivity contribution in [3.05, 3.63) is 54.1 Å². The van der Waals surface area contributed by atoms with Crippen molar-refractivity contribution in [1.82, 2.24) is 4.72 Å². The first kappa shape index (κ1) is 14.4. The molecule has 6 heteroatoms. The summed E-state index contributed by atoms with van der Waals surface area (Å²) in [5, 5.41) is 8.98. The molecule has 2 atom stereocenters. The summed E-state index contributed by atoms with van der Waals surface area (Å²) < 4.78 is 19.3. The minimum atomic E-state index is -2.92. The summed E-state index contributed by atoms with van der Waals surface area (Å²) in [6.45, 7) is 1.64. The van der Waals surface area contributed by atoms with Crippen molar-refractivity contribution in [3.8, 4) is 17.2 Å². The van der Waals surface area contributed by atoms with Crippen molar-refractivity contribution in [2.75, 3.05) is 0 Å². The third-order valence-corrected chi connectivity index (χ3v) is 5.41. The molecule has 1 heterocycles. The number of nitrogens with one attached hydrogen (secondary N) is 1. The molecule has 5 nitrogen and oxygen atoms in total. The van der Waals surface area contributed by atoms with Crippen LogP contribution in [-0.4, -0.2) is 16.2 Å².